The van der Waals surface area contributed by atoms with Gasteiger partial charge in [0.05, 0.1) is 6.54 Å². The Morgan fingerprint density at radius 3 is 2.82 bits per heavy atom. The Bertz CT molecular complexity index is 417. The fourth-order valence-corrected chi connectivity index (χ4v) is 1.67. The first-order chi connectivity index (χ1) is 8.25. The van der Waals surface area contributed by atoms with E-state index in [2.05, 4.69) is 0 Å². The molecule has 0 radical (unpaired) electrons. The van der Waals surface area contributed by atoms with E-state index < -0.39 is 6.09 Å². The molecule has 1 aromatic rings. The Balaban J connectivity index is 1.84. The fourth-order valence-electron chi connectivity index (χ4n) is 1.67. The van der Waals surface area contributed by atoms with Crippen molar-refractivity contribution in [3.8, 4) is 0 Å². The minimum absolute atomic E-state index is 0.0215. The number of ether oxygens (including phenoxy) is 1. The monoisotopic (exact) mass is 235 g/mol. The first-order valence-electron chi connectivity index (χ1n) is 5.56. The van der Waals surface area contributed by atoms with E-state index in [1.807, 2.05) is 30.3 Å². The quantitative estimate of drug-likeness (QED) is 0.788. The van der Waals surface area contributed by atoms with Crippen molar-refractivity contribution >= 4 is 6.09 Å². The van der Waals surface area contributed by atoms with Gasteiger partial charge < -0.3 is 9.64 Å². The SMILES string of the molecule is O=C(OCc1ccccc1)N1CCC=C(F)C1. The van der Waals surface area contributed by atoms with Crippen LogP contribution < -0.4 is 0 Å². The fraction of sp³-hybridized carbons (Fsp3) is 0.308. The summed E-state index contributed by atoms with van der Waals surface area (Å²) >= 11 is 0. The number of carbonyl (C=O) groups is 1. The number of amides is 1. The molecule has 4 heteroatoms. The van der Waals surface area contributed by atoms with Crippen molar-refractivity contribution in [2.75, 3.05) is 13.1 Å². The van der Waals surface area contributed by atoms with Crippen LogP contribution >= 0.6 is 0 Å². The lowest BCUT2D eigenvalue weighted by Crippen LogP contribution is -2.35. The molecule has 1 amide bonds. The minimum atomic E-state index is -0.461. The van der Waals surface area contributed by atoms with Gasteiger partial charge in [-0.15, -0.1) is 0 Å². The zero-order chi connectivity index (χ0) is 12.1. The van der Waals surface area contributed by atoms with Crippen molar-refractivity contribution < 1.29 is 13.9 Å². The third-order valence-corrected chi connectivity index (χ3v) is 2.57. The number of rotatable bonds is 2. The van der Waals surface area contributed by atoms with Crippen LogP contribution in [-0.2, 0) is 11.3 Å². The standard InChI is InChI=1S/C13H14FNO2/c14-12-7-4-8-15(9-12)13(16)17-10-11-5-2-1-3-6-11/h1-3,5-7H,4,8-10H2. The molecule has 0 spiro atoms. The molecule has 0 unspecified atom stereocenters. The number of carbonyl (C=O) groups excluding carboxylic acids is 1. The predicted molar refractivity (Wildman–Crippen MR) is 62.0 cm³/mol. The van der Waals surface area contributed by atoms with Crippen molar-refractivity contribution in [2.45, 2.75) is 13.0 Å². The number of hydrogen-bond donors (Lipinski definition) is 0. The van der Waals surface area contributed by atoms with Crippen molar-refractivity contribution in [2.24, 2.45) is 0 Å². The summed E-state index contributed by atoms with van der Waals surface area (Å²) in [6, 6.07) is 9.42. The highest BCUT2D eigenvalue weighted by atomic mass is 19.1. The average molecular weight is 235 g/mol. The second kappa shape index (κ2) is 5.48. The maximum absolute atomic E-state index is 13.0. The molecule has 0 N–H and O–H groups in total. The van der Waals surface area contributed by atoms with E-state index in [0.29, 0.717) is 13.0 Å². The van der Waals surface area contributed by atoms with E-state index in [0.717, 1.165) is 5.56 Å². The maximum Gasteiger partial charge on any atom is 0.410 e. The van der Waals surface area contributed by atoms with Gasteiger partial charge >= 0.3 is 6.09 Å². The Morgan fingerprint density at radius 1 is 1.35 bits per heavy atom. The number of halogens is 1. The Hall–Kier alpha value is -1.84. The molecule has 0 aliphatic carbocycles. The Kier molecular flexibility index (Phi) is 3.75. The number of benzene rings is 1. The van der Waals surface area contributed by atoms with Crippen LogP contribution in [0.1, 0.15) is 12.0 Å². The summed E-state index contributed by atoms with van der Waals surface area (Å²) in [6.45, 7) is 0.760. The van der Waals surface area contributed by atoms with E-state index in [-0.39, 0.29) is 19.0 Å². The first kappa shape index (κ1) is 11.6. The smallest absolute Gasteiger partial charge is 0.410 e. The summed E-state index contributed by atoms with van der Waals surface area (Å²) in [5, 5.41) is 0. The van der Waals surface area contributed by atoms with Gasteiger partial charge in [-0.3, -0.25) is 0 Å². The maximum atomic E-state index is 13.0. The average Bonchev–Trinajstić information content (AvgIpc) is 2.37. The van der Waals surface area contributed by atoms with Gasteiger partial charge in [0.25, 0.3) is 0 Å². The summed E-state index contributed by atoms with van der Waals surface area (Å²) in [6.07, 6.45) is 1.59. The molecule has 0 fully saturated rings. The van der Waals surface area contributed by atoms with Crippen LogP contribution in [0, 0.1) is 0 Å². The molecule has 1 heterocycles. The largest absolute Gasteiger partial charge is 0.445 e. The highest BCUT2D eigenvalue weighted by Gasteiger charge is 2.19. The van der Waals surface area contributed by atoms with Crippen LogP contribution in [0.25, 0.3) is 0 Å². The molecule has 0 bridgehead atoms. The van der Waals surface area contributed by atoms with E-state index in [4.69, 9.17) is 4.74 Å². The van der Waals surface area contributed by atoms with E-state index in [9.17, 15) is 9.18 Å². The summed E-state index contributed by atoms with van der Waals surface area (Å²) in [7, 11) is 0. The van der Waals surface area contributed by atoms with Gasteiger partial charge in [0, 0.05) is 6.54 Å². The van der Waals surface area contributed by atoms with Gasteiger partial charge in [0.2, 0.25) is 0 Å². The molecule has 17 heavy (non-hydrogen) atoms. The van der Waals surface area contributed by atoms with Crippen LogP contribution in [0.5, 0.6) is 0 Å². The summed E-state index contributed by atoms with van der Waals surface area (Å²) in [5.74, 6) is -0.270. The van der Waals surface area contributed by atoms with Gasteiger partial charge in [0.15, 0.2) is 0 Å². The van der Waals surface area contributed by atoms with E-state index in [1.165, 1.54) is 11.0 Å². The third-order valence-electron chi connectivity index (χ3n) is 2.57. The van der Waals surface area contributed by atoms with Crippen LogP contribution in [0.15, 0.2) is 42.2 Å². The van der Waals surface area contributed by atoms with E-state index >= 15 is 0 Å². The molecule has 0 aromatic heterocycles. The lowest BCUT2D eigenvalue weighted by Gasteiger charge is -2.23. The van der Waals surface area contributed by atoms with Crippen molar-refractivity contribution in [3.05, 3.63) is 47.8 Å². The third kappa shape index (κ3) is 3.31. The van der Waals surface area contributed by atoms with Crippen molar-refractivity contribution in [1.82, 2.24) is 4.90 Å². The molecular formula is C13H14FNO2. The Morgan fingerprint density at radius 2 is 2.12 bits per heavy atom. The zero-order valence-corrected chi connectivity index (χ0v) is 9.43. The van der Waals surface area contributed by atoms with Crippen LogP contribution in [0.2, 0.25) is 0 Å². The lowest BCUT2D eigenvalue weighted by atomic mass is 10.2. The summed E-state index contributed by atoms with van der Waals surface area (Å²) < 4.78 is 18.1. The molecule has 2 rings (SSSR count). The molecule has 1 aliphatic heterocycles. The second-order valence-electron chi connectivity index (χ2n) is 3.90. The minimum Gasteiger partial charge on any atom is -0.445 e. The molecule has 3 nitrogen and oxygen atoms in total. The number of hydrogen-bond acceptors (Lipinski definition) is 2. The summed E-state index contributed by atoms with van der Waals surface area (Å²) in [5.41, 5.74) is 0.925. The lowest BCUT2D eigenvalue weighted by molar-refractivity contribution is 0.0960. The molecule has 0 saturated carbocycles. The second-order valence-corrected chi connectivity index (χ2v) is 3.90. The van der Waals surface area contributed by atoms with Crippen LogP contribution in [0.4, 0.5) is 9.18 Å². The van der Waals surface area contributed by atoms with Crippen molar-refractivity contribution in [3.63, 3.8) is 0 Å². The molecule has 0 atom stereocenters. The molecule has 0 saturated heterocycles. The van der Waals surface area contributed by atoms with Gasteiger partial charge in [-0.1, -0.05) is 30.3 Å². The molecule has 90 valence electrons. The van der Waals surface area contributed by atoms with Gasteiger partial charge in [-0.25, -0.2) is 9.18 Å². The molecule has 1 aromatic carbocycles. The van der Waals surface area contributed by atoms with Crippen LogP contribution in [-0.4, -0.2) is 24.1 Å². The van der Waals surface area contributed by atoms with E-state index in [1.54, 1.807) is 0 Å². The first-order valence-corrected chi connectivity index (χ1v) is 5.56. The highest BCUT2D eigenvalue weighted by molar-refractivity contribution is 5.68. The van der Waals surface area contributed by atoms with Gasteiger partial charge in [-0.05, 0) is 18.1 Å². The predicted octanol–water partition coefficient (Wildman–Crippen LogP) is 2.88. The Labute approximate surface area is 99.5 Å². The van der Waals surface area contributed by atoms with Crippen molar-refractivity contribution in [1.29, 1.82) is 0 Å². The highest BCUT2D eigenvalue weighted by Crippen LogP contribution is 2.12. The zero-order valence-electron chi connectivity index (χ0n) is 9.43. The topological polar surface area (TPSA) is 29.5 Å². The van der Waals surface area contributed by atoms with Gasteiger partial charge in [0.1, 0.15) is 12.4 Å². The van der Waals surface area contributed by atoms with Crippen LogP contribution in [0.3, 0.4) is 0 Å². The molecular weight excluding hydrogens is 221 g/mol. The molecule has 1 aliphatic rings. The van der Waals surface area contributed by atoms with Gasteiger partial charge in [-0.2, -0.15) is 0 Å². The normalized spacial score (nSPS) is 15.4. The summed E-state index contributed by atoms with van der Waals surface area (Å²) in [4.78, 5) is 13.0. The number of nitrogens with zero attached hydrogens (tertiary/aromatic N) is 1.